The number of carboxylic acids is 1. The van der Waals surface area contributed by atoms with Gasteiger partial charge < -0.3 is 10.0 Å². The Hall–Kier alpha value is -1.59. The summed E-state index contributed by atoms with van der Waals surface area (Å²) in [6, 6.07) is -0.375. The summed E-state index contributed by atoms with van der Waals surface area (Å²) in [7, 11) is 0. The molecule has 0 aromatic heterocycles. The van der Waals surface area contributed by atoms with Crippen LogP contribution in [-0.2, 0) is 9.59 Å². The number of nitrogens with one attached hydrogen (secondary N) is 1. The van der Waals surface area contributed by atoms with E-state index in [0.717, 1.165) is 13.1 Å². The van der Waals surface area contributed by atoms with Crippen molar-refractivity contribution in [3.05, 3.63) is 0 Å². The smallest absolute Gasteiger partial charge is 0.324 e. The number of carbonyl (C=O) groups is 3. The minimum Gasteiger partial charge on any atom is -0.481 e. The van der Waals surface area contributed by atoms with Crippen molar-refractivity contribution >= 4 is 17.9 Å². The van der Waals surface area contributed by atoms with E-state index >= 15 is 0 Å². The molecule has 0 aromatic rings. The van der Waals surface area contributed by atoms with Gasteiger partial charge in [-0.15, -0.1) is 0 Å². The van der Waals surface area contributed by atoms with Gasteiger partial charge in [0.2, 0.25) is 5.91 Å². The SMILES string of the molecule is O=C(O)CCC(=O)NC(=O)N1CC2CCCC2C1. The van der Waals surface area contributed by atoms with Crippen LogP contribution in [0.5, 0.6) is 0 Å². The molecule has 3 amide bonds. The molecule has 2 aliphatic rings. The maximum Gasteiger partial charge on any atom is 0.324 e. The molecule has 100 valence electrons. The van der Waals surface area contributed by atoms with Crippen LogP contribution in [0.3, 0.4) is 0 Å². The average molecular weight is 254 g/mol. The van der Waals surface area contributed by atoms with Crippen molar-refractivity contribution < 1.29 is 19.5 Å². The zero-order chi connectivity index (χ0) is 13.1. The second-order valence-corrected chi connectivity index (χ2v) is 5.10. The minimum atomic E-state index is -1.03. The average Bonchev–Trinajstić information content (AvgIpc) is 2.85. The molecule has 1 aliphatic heterocycles. The van der Waals surface area contributed by atoms with Crippen molar-refractivity contribution in [1.82, 2.24) is 10.2 Å². The first kappa shape index (κ1) is 12.9. The molecular weight excluding hydrogens is 236 g/mol. The van der Waals surface area contributed by atoms with E-state index in [4.69, 9.17) is 5.11 Å². The van der Waals surface area contributed by atoms with Gasteiger partial charge in [0.15, 0.2) is 0 Å². The molecule has 2 fully saturated rings. The fraction of sp³-hybridized carbons (Fsp3) is 0.750. The van der Waals surface area contributed by atoms with Crippen molar-refractivity contribution in [2.45, 2.75) is 32.1 Å². The Morgan fingerprint density at radius 3 is 2.28 bits per heavy atom. The summed E-state index contributed by atoms with van der Waals surface area (Å²) < 4.78 is 0. The molecular formula is C12H18N2O4. The molecule has 2 N–H and O–H groups in total. The topological polar surface area (TPSA) is 86.7 Å². The monoisotopic (exact) mass is 254 g/mol. The highest BCUT2D eigenvalue weighted by Crippen LogP contribution is 2.37. The number of aliphatic carboxylic acids is 1. The number of hydrogen-bond acceptors (Lipinski definition) is 3. The second kappa shape index (κ2) is 5.37. The van der Waals surface area contributed by atoms with Crippen molar-refractivity contribution in [3.8, 4) is 0 Å². The summed E-state index contributed by atoms with van der Waals surface area (Å²) >= 11 is 0. The van der Waals surface area contributed by atoms with Gasteiger partial charge in [-0.3, -0.25) is 14.9 Å². The maximum atomic E-state index is 11.8. The van der Waals surface area contributed by atoms with Gasteiger partial charge in [-0.1, -0.05) is 6.42 Å². The number of carboxylic acid groups (broad SMARTS) is 1. The lowest BCUT2D eigenvalue weighted by atomic mass is 10.0. The maximum absolute atomic E-state index is 11.8. The van der Waals surface area contributed by atoms with Gasteiger partial charge in [-0.2, -0.15) is 0 Å². The molecule has 2 atom stereocenters. The first-order valence-electron chi connectivity index (χ1n) is 6.37. The largest absolute Gasteiger partial charge is 0.481 e. The number of nitrogens with zero attached hydrogens (tertiary/aromatic N) is 1. The highest BCUT2D eigenvalue weighted by molar-refractivity contribution is 5.95. The molecule has 1 heterocycles. The van der Waals surface area contributed by atoms with Gasteiger partial charge in [-0.25, -0.2) is 4.79 Å². The highest BCUT2D eigenvalue weighted by Gasteiger charge is 2.38. The Balaban J connectivity index is 1.75. The molecule has 0 bridgehead atoms. The molecule has 0 spiro atoms. The number of imide groups is 1. The number of amides is 3. The van der Waals surface area contributed by atoms with Gasteiger partial charge >= 0.3 is 12.0 Å². The molecule has 6 nitrogen and oxygen atoms in total. The van der Waals surface area contributed by atoms with Crippen LogP contribution in [0.15, 0.2) is 0 Å². The summed E-state index contributed by atoms with van der Waals surface area (Å²) in [5.74, 6) is -0.373. The Kier molecular flexibility index (Phi) is 3.84. The number of carbonyl (C=O) groups excluding carboxylic acids is 2. The van der Waals surface area contributed by atoms with E-state index in [1.54, 1.807) is 4.90 Å². The van der Waals surface area contributed by atoms with Crippen LogP contribution in [0.4, 0.5) is 4.79 Å². The minimum absolute atomic E-state index is 0.151. The van der Waals surface area contributed by atoms with Gasteiger partial charge in [0.1, 0.15) is 0 Å². The summed E-state index contributed by atoms with van der Waals surface area (Å²) in [5, 5.41) is 10.7. The summed E-state index contributed by atoms with van der Waals surface area (Å²) in [5.41, 5.74) is 0. The standard InChI is InChI=1S/C12H18N2O4/c15-10(4-5-11(16)17)13-12(18)14-6-8-2-1-3-9(8)7-14/h8-9H,1-7H2,(H,16,17)(H,13,15,18). The zero-order valence-electron chi connectivity index (χ0n) is 10.2. The molecule has 1 aliphatic carbocycles. The van der Waals surface area contributed by atoms with E-state index in [9.17, 15) is 14.4 Å². The lowest BCUT2D eigenvalue weighted by Crippen LogP contribution is -2.42. The molecule has 0 aromatic carbocycles. The molecule has 0 radical (unpaired) electrons. The lowest BCUT2D eigenvalue weighted by Gasteiger charge is -2.17. The lowest BCUT2D eigenvalue weighted by molar-refractivity contribution is -0.138. The Bertz CT molecular complexity index is 357. The Morgan fingerprint density at radius 1 is 1.11 bits per heavy atom. The third kappa shape index (κ3) is 3.00. The van der Waals surface area contributed by atoms with E-state index in [-0.39, 0.29) is 18.9 Å². The normalized spacial score (nSPS) is 25.9. The van der Waals surface area contributed by atoms with E-state index in [1.165, 1.54) is 19.3 Å². The van der Waals surface area contributed by atoms with Gasteiger partial charge in [-0.05, 0) is 24.7 Å². The van der Waals surface area contributed by atoms with E-state index < -0.39 is 11.9 Å². The van der Waals surface area contributed by atoms with E-state index in [2.05, 4.69) is 5.32 Å². The molecule has 1 saturated carbocycles. The zero-order valence-corrected chi connectivity index (χ0v) is 10.2. The van der Waals surface area contributed by atoms with Gasteiger partial charge in [0.25, 0.3) is 0 Å². The summed E-state index contributed by atoms with van der Waals surface area (Å²) in [6.45, 7) is 1.45. The summed E-state index contributed by atoms with van der Waals surface area (Å²) in [4.78, 5) is 35.1. The van der Waals surface area contributed by atoms with Crippen molar-refractivity contribution in [2.24, 2.45) is 11.8 Å². The third-order valence-corrected chi connectivity index (χ3v) is 3.83. The molecule has 18 heavy (non-hydrogen) atoms. The van der Waals surface area contributed by atoms with Crippen LogP contribution in [-0.4, -0.2) is 41.0 Å². The number of urea groups is 1. The van der Waals surface area contributed by atoms with Crippen molar-refractivity contribution in [1.29, 1.82) is 0 Å². The van der Waals surface area contributed by atoms with E-state index in [0.29, 0.717) is 11.8 Å². The van der Waals surface area contributed by atoms with Crippen LogP contribution in [0, 0.1) is 11.8 Å². The fourth-order valence-corrected chi connectivity index (χ4v) is 2.88. The van der Waals surface area contributed by atoms with Crippen molar-refractivity contribution in [2.75, 3.05) is 13.1 Å². The number of likely N-dealkylation sites (tertiary alicyclic amines) is 1. The predicted molar refractivity (Wildman–Crippen MR) is 62.8 cm³/mol. The van der Waals surface area contributed by atoms with Crippen LogP contribution in [0.1, 0.15) is 32.1 Å². The van der Waals surface area contributed by atoms with E-state index in [1.807, 2.05) is 0 Å². The van der Waals surface area contributed by atoms with Crippen LogP contribution < -0.4 is 5.32 Å². The van der Waals surface area contributed by atoms with Crippen molar-refractivity contribution in [3.63, 3.8) is 0 Å². The third-order valence-electron chi connectivity index (χ3n) is 3.83. The number of rotatable bonds is 3. The first-order chi connectivity index (χ1) is 8.56. The van der Waals surface area contributed by atoms with Crippen LogP contribution >= 0.6 is 0 Å². The molecule has 6 heteroatoms. The number of fused-ring (bicyclic) bond motifs is 1. The Morgan fingerprint density at radius 2 is 1.72 bits per heavy atom. The van der Waals surface area contributed by atoms with Gasteiger partial charge in [0, 0.05) is 19.5 Å². The second-order valence-electron chi connectivity index (χ2n) is 5.10. The highest BCUT2D eigenvalue weighted by atomic mass is 16.4. The quantitative estimate of drug-likeness (QED) is 0.780. The Labute approximate surface area is 105 Å². The molecule has 2 unspecified atom stereocenters. The first-order valence-corrected chi connectivity index (χ1v) is 6.37. The fourth-order valence-electron chi connectivity index (χ4n) is 2.88. The summed E-state index contributed by atoms with van der Waals surface area (Å²) in [6.07, 6.45) is 3.18. The van der Waals surface area contributed by atoms with Crippen LogP contribution in [0.2, 0.25) is 0 Å². The molecule has 1 saturated heterocycles. The van der Waals surface area contributed by atoms with Crippen LogP contribution in [0.25, 0.3) is 0 Å². The predicted octanol–water partition coefficient (Wildman–Crippen LogP) is 0.819. The molecule has 2 rings (SSSR count). The number of hydrogen-bond donors (Lipinski definition) is 2. The van der Waals surface area contributed by atoms with Gasteiger partial charge in [0.05, 0.1) is 6.42 Å².